The summed E-state index contributed by atoms with van der Waals surface area (Å²) in [5.41, 5.74) is 0. The third-order valence-electron chi connectivity index (χ3n) is 6.69. The van der Waals surface area contributed by atoms with Gasteiger partial charge in [0.1, 0.15) is 0 Å². The zero-order valence-electron chi connectivity index (χ0n) is 20.9. The highest BCUT2D eigenvalue weighted by Crippen LogP contribution is 2.60. The molecule has 3 fully saturated rings. The van der Waals surface area contributed by atoms with Crippen LogP contribution in [-0.2, 0) is 48.0 Å². The zero-order chi connectivity index (χ0) is 38.2. The molecular formula is C16H4F18N2O10S2. The molecule has 0 aromatic heterocycles. The van der Waals surface area contributed by atoms with Crippen molar-refractivity contribution in [2.75, 3.05) is 0 Å². The Kier molecular flexibility index (Phi) is 8.34. The summed E-state index contributed by atoms with van der Waals surface area (Å²) < 4.78 is 288. The molecule has 1 saturated carbocycles. The van der Waals surface area contributed by atoms with E-state index in [0.717, 1.165) is 0 Å². The smallest absolute Gasteiger partial charge is 0.272 e. The molecule has 1 aliphatic carbocycles. The van der Waals surface area contributed by atoms with Crippen molar-refractivity contribution in [1.29, 1.82) is 0 Å². The fourth-order valence-electron chi connectivity index (χ4n) is 4.21. The first-order valence-corrected chi connectivity index (χ1v) is 13.7. The third-order valence-corrected chi connectivity index (χ3v) is 9.15. The maximum absolute atomic E-state index is 13.9. The van der Waals surface area contributed by atoms with E-state index in [0.29, 0.717) is 0 Å². The van der Waals surface area contributed by atoms with Crippen molar-refractivity contribution in [3.05, 3.63) is 0 Å². The van der Waals surface area contributed by atoms with E-state index in [2.05, 4.69) is 8.57 Å². The fourth-order valence-corrected chi connectivity index (χ4v) is 5.97. The van der Waals surface area contributed by atoms with Gasteiger partial charge in [0, 0.05) is 0 Å². The second kappa shape index (κ2) is 10.2. The summed E-state index contributed by atoms with van der Waals surface area (Å²) in [7, 11) is -16.1. The molecule has 2 saturated heterocycles. The molecule has 2 heterocycles. The van der Waals surface area contributed by atoms with Gasteiger partial charge in [-0.05, 0) is 0 Å². The van der Waals surface area contributed by atoms with Gasteiger partial charge in [0.2, 0.25) is 0 Å². The molecule has 32 heteroatoms. The lowest BCUT2D eigenvalue weighted by molar-refractivity contribution is -0.383. The van der Waals surface area contributed by atoms with E-state index in [1.807, 2.05) is 0 Å². The highest BCUT2D eigenvalue weighted by atomic mass is 32.2. The van der Waals surface area contributed by atoms with Crippen LogP contribution in [0.3, 0.4) is 0 Å². The molecule has 0 spiro atoms. The quantitative estimate of drug-likeness (QED) is 0.238. The van der Waals surface area contributed by atoms with Crippen LogP contribution in [-0.4, -0.2) is 97.1 Å². The molecule has 276 valence electrons. The zero-order valence-corrected chi connectivity index (χ0v) is 22.5. The topological polar surface area (TPSA) is 161 Å². The van der Waals surface area contributed by atoms with Crippen LogP contribution in [0.1, 0.15) is 0 Å². The Morgan fingerprint density at radius 1 is 0.396 bits per heavy atom. The second-order valence-electron chi connectivity index (χ2n) is 9.43. The van der Waals surface area contributed by atoms with Crippen LogP contribution in [0.4, 0.5) is 79.0 Å². The standard InChI is InChI=1S/C16H4F18N2O10S2/c17-9(18,13(25,26)27)11(21,22)15(31,32)47(41,42)45-35-5(37)1-2(6(35)38)4-3(1)7(39)36(8(4)40)46-48(43,44)16(33,34)12(23,24)10(19,20)14(28,29)30/h1-4H. The van der Waals surface area contributed by atoms with Crippen LogP contribution in [0.2, 0.25) is 0 Å². The van der Waals surface area contributed by atoms with E-state index in [-0.39, 0.29) is 0 Å². The molecule has 0 N–H and O–H groups in total. The average Bonchev–Trinajstić information content (AvgIpc) is 3.16. The Morgan fingerprint density at radius 2 is 0.583 bits per heavy atom. The minimum atomic E-state index is -8.03. The number of nitrogens with zero attached hydrogens (tertiary/aromatic N) is 2. The third kappa shape index (κ3) is 4.66. The second-order valence-corrected chi connectivity index (χ2v) is 12.6. The summed E-state index contributed by atoms with van der Waals surface area (Å²) in [5.74, 6) is -53.0. The Hall–Kier alpha value is -3.16. The van der Waals surface area contributed by atoms with Gasteiger partial charge in [-0.2, -0.15) is 95.9 Å². The van der Waals surface area contributed by atoms with Gasteiger partial charge in [-0.25, -0.2) is 0 Å². The van der Waals surface area contributed by atoms with Crippen molar-refractivity contribution in [2.45, 2.75) is 46.6 Å². The number of alkyl halides is 18. The van der Waals surface area contributed by atoms with Crippen LogP contribution >= 0.6 is 0 Å². The number of carbonyl (C=O) groups is 4. The number of rotatable bonds is 10. The summed E-state index contributed by atoms with van der Waals surface area (Å²) in [4.78, 5) is 49.5. The summed E-state index contributed by atoms with van der Waals surface area (Å²) >= 11 is 0. The average molecular weight is 790 g/mol. The van der Waals surface area contributed by atoms with Crippen molar-refractivity contribution in [3.63, 3.8) is 0 Å². The first-order chi connectivity index (χ1) is 20.8. The molecule has 3 aliphatic rings. The Bertz CT molecular complexity index is 1500. The monoisotopic (exact) mass is 790 g/mol. The number of imide groups is 2. The Balaban J connectivity index is 1.90. The van der Waals surface area contributed by atoms with Crippen LogP contribution in [0.5, 0.6) is 0 Å². The summed E-state index contributed by atoms with van der Waals surface area (Å²) in [6.45, 7) is 0. The summed E-state index contributed by atoms with van der Waals surface area (Å²) in [6, 6.07) is 0. The maximum Gasteiger partial charge on any atom is 0.460 e. The summed E-state index contributed by atoms with van der Waals surface area (Å²) in [6.07, 6.45) is -15.2. The first kappa shape index (κ1) is 39.3. The molecule has 0 atom stereocenters. The molecule has 3 rings (SSSR count). The van der Waals surface area contributed by atoms with E-state index >= 15 is 0 Å². The van der Waals surface area contributed by atoms with Gasteiger partial charge in [-0.1, -0.05) is 0 Å². The molecule has 0 bridgehead atoms. The lowest BCUT2D eigenvalue weighted by Crippen LogP contribution is -2.64. The first-order valence-electron chi connectivity index (χ1n) is 10.9. The molecule has 12 nitrogen and oxygen atoms in total. The molecule has 0 unspecified atom stereocenters. The number of hydrogen-bond donors (Lipinski definition) is 0. The highest BCUT2D eigenvalue weighted by molar-refractivity contribution is 7.88. The number of hydroxylamine groups is 4. The minimum absolute atomic E-state index is 1.59. The Labute approximate surface area is 248 Å². The predicted octanol–water partition coefficient (Wildman–Crippen LogP) is 2.58. The van der Waals surface area contributed by atoms with Gasteiger partial charge >= 0.3 is 66.8 Å². The van der Waals surface area contributed by atoms with Crippen LogP contribution < -0.4 is 0 Å². The van der Waals surface area contributed by atoms with Crippen molar-refractivity contribution in [2.24, 2.45) is 23.7 Å². The number of amides is 4. The maximum atomic E-state index is 13.9. The van der Waals surface area contributed by atoms with E-state index < -0.39 is 124 Å². The molecule has 2 aliphatic heterocycles. The minimum Gasteiger partial charge on any atom is -0.272 e. The largest absolute Gasteiger partial charge is 0.460 e. The Morgan fingerprint density at radius 3 is 0.750 bits per heavy atom. The SMILES string of the molecule is O=C1C2C(C(=O)N1OS(=O)(=O)C(F)(F)C(F)(F)C(F)(F)C(F)(F)F)C1C(=O)N(OS(=O)(=O)C(F)(F)C(F)(F)C(F)(F)C(F)(F)F)C(=O)C21. The van der Waals surface area contributed by atoms with Crippen molar-refractivity contribution in [1.82, 2.24) is 10.1 Å². The molecule has 0 radical (unpaired) electrons. The lowest BCUT2D eigenvalue weighted by atomic mass is 9.59. The van der Waals surface area contributed by atoms with Gasteiger partial charge in [0.05, 0.1) is 23.7 Å². The van der Waals surface area contributed by atoms with Crippen molar-refractivity contribution in [3.8, 4) is 0 Å². The van der Waals surface area contributed by atoms with E-state index in [1.54, 1.807) is 0 Å². The normalized spacial score (nSPS) is 25.5. The van der Waals surface area contributed by atoms with Gasteiger partial charge in [-0.15, -0.1) is 18.7 Å². The van der Waals surface area contributed by atoms with Gasteiger partial charge < -0.3 is 0 Å². The fraction of sp³-hybridized carbons (Fsp3) is 0.750. The van der Waals surface area contributed by atoms with Crippen molar-refractivity contribution < 1.29 is 124 Å². The number of carbonyl (C=O) groups excluding carboxylic acids is 4. The van der Waals surface area contributed by atoms with Crippen molar-refractivity contribution >= 4 is 43.9 Å². The number of halogens is 18. The lowest BCUT2D eigenvalue weighted by Gasteiger charge is -2.35. The molecule has 0 aromatic rings. The van der Waals surface area contributed by atoms with Gasteiger partial charge in [0.15, 0.2) is 0 Å². The van der Waals surface area contributed by atoms with Crippen LogP contribution in [0.15, 0.2) is 0 Å². The number of fused-ring (bicyclic) bond motifs is 4. The van der Waals surface area contributed by atoms with Gasteiger partial charge in [0.25, 0.3) is 23.6 Å². The molecular weight excluding hydrogens is 786 g/mol. The van der Waals surface area contributed by atoms with Crippen LogP contribution in [0.25, 0.3) is 0 Å². The highest BCUT2D eigenvalue weighted by Gasteiger charge is 2.88. The summed E-state index contributed by atoms with van der Waals surface area (Å²) in [5, 5.41) is -18.5. The molecule has 0 aromatic carbocycles. The van der Waals surface area contributed by atoms with Crippen LogP contribution in [0, 0.1) is 23.7 Å². The van der Waals surface area contributed by atoms with E-state index in [9.17, 15) is 115 Å². The van der Waals surface area contributed by atoms with E-state index in [1.165, 1.54) is 0 Å². The predicted molar refractivity (Wildman–Crippen MR) is 99.5 cm³/mol. The van der Waals surface area contributed by atoms with Gasteiger partial charge in [-0.3, -0.25) is 19.2 Å². The molecule has 48 heavy (non-hydrogen) atoms. The number of hydrogen-bond acceptors (Lipinski definition) is 10. The van der Waals surface area contributed by atoms with E-state index in [4.69, 9.17) is 0 Å². The molecule has 4 amide bonds.